The fourth-order valence-electron chi connectivity index (χ4n) is 1.31. The van der Waals surface area contributed by atoms with E-state index < -0.39 is 0 Å². The summed E-state index contributed by atoms with van der Waals surface area (Å²) in [5.41, 5.74) is 0. The standard InChI is InChI=1S/C10H9Cl2NOS2/c1-4(2)13-10(14)9-7(12)8-5(15-9)3-6(11)16-8/h3-4H,1-2H3,(H,13,14). The molecule has 0 aromatic carbocycles. The average molecular weight is 294 g/mol. The molecule has 1 amide bonds. The minimum Gasteiger partial charge on any atom is -0.349 e. The first-order chi connectivity index (χ1) is 7.49. The Morgan fingerprint density at radius 1 is 1.38 bits per heavy atom. The van der Waals surface area contributed by atoms with E-state index in [9.17, 15) is 4.79 Å². The van der Waals surface area contributed by atoms with E-state index in [4.69, 9.17) is 23.2 Å². The van der Waals surface area contributed by atoms with Crippen molar-refractivity contribution in [3.05, 3.63) is 20.3 Å². The van der Waals surface area contributed by atoms with Gasteiger partial charge >= 0.3 is 0 Å². The lowest BCUT2D eigenvalue weighted by atomic mass is 10.3. The molecule has 0 fully saturated rings. The zero-order valence-corrected chi connectivity index (χ0v) is 11.8. The van der Waals surface area contributed by atoms with Crippen molar-refractivity contribution in [2.75, 3.05) is 0 Å². The van der Waals surface area contributed by atoms with Crippen molar-refractivity contribution in [3.63, 3.8) is 0 Å². The van der Waals surface area contributed by atoms with Gasteiger partial charge in [0.15, 0.2) is 0 Å². The smallest absolute Gasteiger partial charge is 0.263 e. The molecule has 0 spiro atoms. The summed E-state index contributed by atoms with van der Waals surface area (Å²) in [6.07, 6.45) is 0. The molecule has 2 aromatic heterocycles. The molecule has 0 unspecified atom stereocenters. The first-order valence-corrected chi connectivity index (χ1v) is 7.06. The largest absolute Gasteiger partial charge is 0.349 e. The number of thiophene rings is 2. The number of hydrogen-bond acceptors (Lipinski definition) is 3. The third-order valence-corrected chi connectivity index (χ3v) is 5.05. The van der Waals surface area contributed by atoms with Crippen LogP contribution >= 0.6 is 45.9 Å². The first-order valence-electron chi connectivity index (χ1n) is 4.67. The molecule has 0 atom stereocenters. The molecular weight excluding hydrogens is 285 g/mol. The van der Waals surface area contributed by atoms with Crippen LogP contribution in [0.15, 0.2) is 6.07 Å². The van der Waals surface area contributed by atoms with Gasteiger partial charge in [0, 0.05) is 10.7 Å². The molecule has 6 heteroatoms. The SMILES string of the molecule is CC(C)NC(=O)c1sc2cc(Cl)sc2c1Cl. The highest BCUT2D eigenvalue weighted by Crippen LogP contribution is 2.42. The van der Waals surface area contributed by atoms with Crippen LogP contribution in [0, 0.1) is 0 Å². The summed E-state index contributed by atoms with van der Waals surface area (Å²) in [6.45, 7) is 3.83. The molecule has 0 aliphatic carbocycles. The molecule has 0 radical (unpaired) electrons. The van der Waals surface area contributed by atoms with Gasteiger partial charge in [-0.15, -0.1) is 22.7 Å². The predicted molar refractivity (Wildman–Crippen MR) is 72.3 cm³/mol. The number of carbonyl (C=O) groups is 1. The zero-order valence-electron chi connectivity index (χ0n) is 8.64. The Hall–Kier alpha value is -0.290. The molecule has 0 saturated heterocycles. The summed E-state index contributed by atoms with van der Waals surface area (Å²) < 4.78 is 2.55. The molecule has 0 aliphatic rings. The quantitative estimate of drug-likeness (QED) is 0.873. The molecule has 2 aromatic rings. The highest BCUT2D eigenvalue weighted by atomic mass is 35.5. The van der Waals surface area contributed by atoms with Crippen LogP contribution in [0.3, 0.4) is 0 Å². The van der Waals surface area contributed by atoms with Crippen LogP contribution in [-0.4, -0.2) is 11.9 Å². The van der Waals surface area contributed by atoms with Gasteiger partial charge in [0.05, 0.1) is 14.1 Å². The lowest BCUT2D eigenvalue weighted by Gasteiger charge is -2.06. The summed E-state index contributed by atoms with van der Waals surface area (Å²) >= 11 is 14.8. The van der Waals surface area contributed by atoms with Crippen molar-refractivity contribution in [2.45, 2.75) is 19.9 Å². The second-order valence-electron chi connectivity index (χ2n) is 3.62. The zero-order chi connectivity index (χ0) is 11.9. The molecule has 16 heavy (non-hydrogen) atoms. The Morgan fingerprint density at radius 3 is 2.62 bits per heavy atom. The molecule has 0 aliphatic heterocycles. The average Bonchev–Trinajstić information content (AvgIpc) is 2.64. The first kappa shape index (κ1) is 12.2. The maximum Gasteiger partial charge on any atom is 0.263 e. The van der Waals surface area contributed by atoms with Crippen molar-refractivity contribution in [1.82, 2.24) is 5.32 Å². The number of nitrogens with one attached hydrogen (secondary N) is 1. The number of rotatable bonds is 2. The summed E-state index contributed by atoms with van der Waals surface area (Å²) in [5, 5.41) is 3.33. The Labute approximate surface area is 111 Å². The van der Waals surface area contributed by atoms with Crippen LogP contribution in [0.25, 0.3) is 9.40 Å². The predicted octanol–water partition coefficient (Wildman–Crippen LogP) is 4.41. The van der Waals surface area contributed by atoms with E-state index in [1.54, 1.807) is 0 Å². The third-order valence-electron chi connectivity index (χ3n) is 1.90. The molecule has 2 rings (SSSR count). The molecule has 0 bridgehead atoms. The van der Waals surface area contributed by atoms with Crippen LogP contribution in [0.4, 0.5) is 0 Å². The Balaban J connectivity index is 2.42. The van der Waals surface area contributed by atoms with Crippen LogP contribution in [0.5, 0.6) is 0 Å². The Bertz CT molecular complexity index is 544. The third kappa shape index (κ3) is 2.20. The summed E-state index contributed by atoms with van der Waals surface area (Å²) in [5.74, 6) is -0.121. The summed E-state index contributed by atoms with van der Waals surface area (Å²) in [7, 11) is 0. The minimum atomic E-state index is -0.121. The fraction of sp³-hybridized carbons (Fsp3) is 0.300. The van der Waals surface area contributed by atoms with Crippen LogP contribution < -0.4 is 5.32 Å². The van der Waals surface area contributed by atoms with E-state index in [0.29, 0.717) is 14.2 Å². The second-order valence-corrected chi connectivity index (χ2v) is 6.73. The van der Waals surface area contributed by atoms with E-state index in [-0.39, 0.29) is 11.9 Å². The van der Waals surface area contributed by atoms with E-state index >= 15 is 0 Å². The van der Waals surface area contributed by atoms with Gasteiger partial charge in [-0.1, -0.05) is 23.2 Å². The minimum absolute atomic E-state index is 0.104. The van der Waals surface area contributed by atoms with Crippen molar-refractivity contribution in [3.8, 4) is 0 Å². The second kappa shape index (κ2) is 4.53. The molecule has 86 valence electrons. The number of hydrogen-bond donors (Lipinski definition) is 1. The van der Waals surface area contributed by atoms with E-state index in [1.165, 1.54) is 22.7 Å². The van der Waals surface area contributed by atoms with Gasteiger partial charge in [-0.2, -0.15) is 0 Å². The van der Waals surface area contributed by atoms with E-state index in [0.717, 1.165) is 9.40 Å². The van der Waals surface area contributed by atoms with Gasteiger partial charge in [-0.3, -0.25) is 4.79 Å². The van der Waals surface area contributed by atoms with Gasteiger partial charge in [-0.05, 0) is 19.9 Å². The van der Waals surface area contributed by atoms with Crippen LogP contribution in [-0.2, 0) is 0 Å². The van der Waals surface area contributed by atoms with Gasteiger partial charge in [0.2, 0.25) is 0 Å². The van der Waals surface area contributed by atoms with Crippen LogP contribution in [0.1, 0.15) is 23.5 Å². The Kier molecular flexibility index (Phi) is 3.45. The van der Waals surface area contributed by atoms with Crippen molar-refractivity contribution in [1.29, 1.82) is 0 Å². The fourth-order valence-corrected chi connectivity index (χ4v) is 4.23. The lowest BCUT2D eigenvalue weighted by Crippen LogP contribution is -2.29. The molecule has 2 heterocycles. The summed E-state index contributed by atoms with van der Waals surface area (Å²) in [6, 6.07) is 1.94. The maximum absolute atomic E-state index is 11.8. The van der Waals surface area contributed by atoms with Gasteiger partial charge in [-0.25, -0.2) is 0 Å². The lowest BCUT2D eigenvalue weighted by molar-refractivity contribution is 0.0947. The molecule has 1 N–H and O–H groups in total. The highest BCUT2D eigenvalue weighted by Gasteiger charge is 2.19. The van der Waals surface area contributed by atoms with E-state index in [2.05, 4.69) is 5.32 Å². The van der Waals surface area contributed by atoms with Crippen LogP contribution in [0.2, 0.25) is 9.36 Å². The molecule has 0 saturated carbocycles. The number of fused-ring (bicyclic) bond motifs is 1. The Morgan fingerprint density at radius 2 is 2.06 bits per heavy atom. The van der Waals surface area contributed by atoms with Crippen molar-refractivity contribution < 1.29 is 4.79 Å². The maximum atomic E-state index is 11.8. The molecule has 2 nitrogen and oxygen atoms in total. The van der Waals surface area contributed by atoms with Gasteiger partial charge in [0.25, 0.3) is 5.91 Å². The van der Waals surface area contributed by atoms with Gasteiger partial charge < -0.3 is 5.32 Å². The number of carbonyl (C=O) groups excluding carboxylic acids is 1. The number of halogens is 2. The van der Waals surface area contributed by atoms with Crippen molar-refractivity contribution in [2.24, 2.45) is 0 Å². The van der Waals surface area contributed by atoms with Crippen molar-refractivity contribution >= 4 is 61.2 Å². The monoisotopic (exact) mass is 293 g/mol. The normalized spacial score (nSPS) is 11.3. The number of amides is 1. The van der Waals surface area contributed by atoms with E-state index in [1.807, 2.05) is 19.9 Å². The highest BCUT2D eigenvalue weighted by molar-refractivity contribution is 7.31. The molecular formula is C10H9Cl2NOS2. The summed E-state index contributed by atoms with van der Waals surface area (Å²) in [4.78, 5) is 12.4. The van der Waals surface area contributed by atoms with Gasteiger partial charge in [0.1, 0.15) is 4.88 Å². The topological polar surface area (TPSA) is 29.1 Å².